The molecule has 0 unspecified atom stereocenters. The average molecular weight is 334 g/mol. The van der Waals surface area contributed by atoms with Gasteiger partial charge >= 0.3 is 0 Å². The molecule has 4 rings (SSSR count). The van der Waals surface area contributed by atoms with Crippen LogP contribution in [0.1, 0.15) is 28.8 Å². The van der Waals surface area contributed by atoms with Crippen LogP contribution in [0.2, 0.25) is 0 Å². The zero-order valence-electron chi connectivity index (χ0n) is 13.6. The van der Waals surface area contributed by atoms with Crippen LogP contribution in [0.25, 0.3) is 6.08 Å². The predicted molar refractivity (Wildman–Crippen MR) is 95.5 cm³/mol. The zero-order chi connectivity index (χ0) is 17.2. The topological polar surface area (TPSA) is 67.4 Å². The minimum Gasteiger partial charge on any atom is -0.488 e. The molecule has 2 aliphatic rings. The number of para-hydroxylation sites is 1. The average Bonchev–Trinajstić information content (AvgIpc) is 3.45. The molecule has 25 heavy (non-hydrogen) atoms. The van der Waals surface area contributed by atoms with Crippen LogP contribution in [-0.2, 0) is 4.79 Å². The lowest BCUT2D eigenvalue weighted by Crippen LogP contribution is -2.25. The van der Waals surface area contributed by atoms with Crippen molar-refractivity contribution in [2.75, 3.05) is 11.9 Å². The number of nitrogens with one attached hydrogen (secondary N) is 2. The maximum absolute atomic E-state index is 12.5. The molecule has 0 saturated heterocycles. The lowest BCUT2D eigenvalue weighted by molar-refractivity contribution is -0.113. The highest BCUT2D eigenvalue weighted by molar-refractivity contribution is 6.08. The second-order valence-corrected chi connectivity index (χ2v) is 6.28. The molecule has 1 aliphatic heterocycles. The van der Waals surface area contributed by atoms with Crippen molar-refractivity contribution in [3.8, 4) is 5.75 Å². The van der Waals surface area contributed by atoms with Crippen LogP contribution in [0, 0.1) is 0 Å². The molecule has 2 aromatic rings. The van der Waals surface area contributed by atoms with Gasteiger partial charge in [0.2, 0.25) is 0 Å². The number of rotatable bonds is 4. The van der Waals surface area contributed by atoms with Crippen molar-refractivity contribution in [3.05, 3.63) is 65.2 Å². The van der Waals surface area contributed by atoms with E-state index in [9.17, 15) is 9.59 Å². The Morgan fingerprint density at radius 2 is 1.84 bits per heavy atom. The molecule has 2 N–H and O–H groups in total. The fraction of sp³-hybridized carbons (Fsp3) is 0.200. The molecular formula is C20H18N2O3. The van der Waals surface area contributed by atoms with Crippen molar-refractivity contribution < 1.29 is 14.3 Å². The summed E-state index contributed by atoms with van der Waals surface area (Å²) in [4.78, 5) is 24.6. The highest BCUT2D eigenvalue weighted by Gasteiger charge is 2.24. The SMILES string of the molecule is O=C(Nc1cccc(C(=O)NC2CC2)c1)C1=Cc2ccccc2OC1. The van der Waals surface area contributed by atoms with E-state index in [1.807, 2.05) is 30.3 Å². The van der Waals surface area contributed by atoms with Crippen molar-refractivity contribution in [3.63, 3.8) is 0 Å². The van der Waals surface area contributed by atoms with E-state index in [0.717, 1.165) is 24.2 Å². The number of benzene rings is 2. The largest absolute Gasteiger partial charge is 0.488 e. The Balaban J connectivity index is 1.48. The summed E-state index contributed by atoms with van der Waals surface area (Å²) < 4.78 is 5.61. The fourth-order valence-corrected chi connectivity index (χ4v) is 2.69. The van der Waals surface area contributed by atoms with Gasteiger partial charge in [0.1, 0.15) is 12.4 Å². The lowest BCUT2D eigenvalue weighted by atomic mass is 10.1. The number of carbonyl (C=O) groups excluding carboxylic acids is 2. The summed E-state index contributed by atoms with van der Waals surface area (Å²) >= 11 is 0. The number of hydrogen-bond donors (Lipinski definition) is 2. The van der Waals surface area contributed by atoms with Crippen molar-refractivity contribution in [1.82, 2.24) is 5.32 Å². The minimum atomic E-state index is -0.228. The van der Waals surface area contributed by atoms with Gasteiger partial charge in [-0.2, -0.15) is 0 Å². The van der Waals surface area contributed by atoms with Gasteiger partial charge in [-0.3, -0.25) is 9.59 Å². The smallest absolute Gasteiger partial charge is 0.255 e. The molecule has 0 bridgehead atoms. The van der Waals surface area contributed by atoms with Gasteiger partial charge in [-0.1, -0.05) is 24.3 Å². The Morgan fingerprint density at radius 1 is 1.00 bits per heavy atom. The fourth-order valence-electron chi connectivity index (χ4n) is 2.69. The van der Waals surface area contributed by atoms with E-state index >= 15 is 0 Å². The van der Waals surface area contributed by atoms with Crippen LogP contribution in [0.3, 0.4) is 0 Å². The van der Waals surface area contributed by atoms with E-state index in [1.54, 1.807) is 24.3 Å². The Bertz CT molecular complexity index is 869. The summed E-state index contributed by atoms with van der Waals surface area (Å²) in [7, 11) is 0. The van der Waals surface area contributed by atoms with Crippen LogP contribution in [0.5, 0.6) is 5.75 Å². The van der Waals surface area contributed by atoms with Crippen LogP contribution < -0.4 is 15.4 Å². The standard InChI is InChI=1S/C20H18N2O3/c23-19(21-16-8-9-16)14-5-3-6-17(11-14)22-20(24)15-10-13-4-1-2-7-18(13)25-12-15/h1-7,10-11,16H,8-9,12H2,(H,21,23)(H,22,24). The van der Waals surface area contributed by atoms with Crippen LogP contribution in [0.15, 0.2) is 54.1 Å². The molecule has 1 aliphatic carbocycles. The van der Waals surface area contributed by atoms with Gasteiger partial charge in [-0.15, -0.1) is 0 Å². The van der Waals surface area contributed by atoms with Gasteiger partial charge in [-0.25, -0.2) is 0 Å². The Kier molecular flexibility index (Phi) is 3.98. The summed E-state index contributed by atoms with van der Waals surface area (Å²) in [5.41, 5.74) is 2.57. The Hall–Kier alpha value is -3.08. The molecule has 0 spiro atoms. The minimum absolute atomic E-state index is 0.104. The van der Waals surface area contributed by atoms with Crippen molar-refractivity contribution in [2.24, 2.45) is 0 Å². The maximum Gasteiger partial charge on any atom is 0.255 e. The number of ether oxygens (including phenoxy) is 1. The maximum atomic E-state index is 12.5. The summed E-state index contributed by atoms with van der Waals surface area (Å²) in [6, 6.07) is 14.9. The number of carbonyl (C=O) groups is 2. The second kappa shape index (κ2) is 6.43. The van der Waals surface area contributed by atoms with E-state index in [-0.39, 0.29) is 18.4 Å². The van der Waals surface area contributed by atoms with E-state index in [4.69, 9.17) is 4.74 Å². The Morgan fingerprint density at radius 3 is 2.68 bits per heavy atom. The molecule has 1 saturated carbocycles. The summed E-state index contributed by atoms with van der Waals surface area (Å²) in [6.45, 7) is 0.227. The van der Waals surface area contributed by atoms with Gasteiger partial charge in [0.25, 0.3) is 11.8 Å². The molecule has 0 radical (unpaired) electrons. The van der Waals surface area contributed by atoms with Crippen LogP contribution in [-0.4, -0.2) is 24.5 Å². The first-order chi connectivity index (χ1) is 12.2. The van der Waals surface area contributed by atoms with Gasteiger partial charge in [0, 0.05) is 22.9 Å². The molecular weight excluding hydrogens is 316 g/mol. The molecule has 0 atom stereocenters. The van der Waals surface area contributed by atoms with Crippen LogP contribution >= 0.6 is 0 Å². The highest BCUT2D eigenvalue weighted by Crippen LogP contribution is 2.26. The summed E-state index contributed by atoms with van der Waals surface area (Å²) in [6.07, 6.45) is 3.91. The number of hydrogen-bond acceptors (Lipinski definition) is 3. The predicted octanol–water partition coefficient (Wildman–Crippen LogP) is 2.99. The molecule has 0 aromatic heterocycles. The van der Waals surface area contributed by atoms with Gasteiger partial charge in [0.15, 0.2) is 0 Å². The monoisotopic (exact) mass is 334 g/mol. The first-order valence-corrected chi connectivity index (χ1v) is 8.34. The molecule has 126 valence electrons. The number of fused-ring (bicyclic) bond motifs is 1. The number of amides is 2. The lowest BCUT2D eigenvalue weighted by Gasteiger charge is -2.17. The van der Waals surface area contributed by atoms with Crippen molar-refractivity contribution in [1.29, 1.82) is 0 Å². The Labute approximate surface area is 145 Å². The van der Waals surface area contributed by atoms with E-state index in [0.29, 0.717) is 22.9 Å². The third-order valence-electron chi connectivity index (χ3n) is 4.22. The molecule has 2 amide bonds. The van der Waals surface area contributed by atoms with E-state index in [1.165, 1.54) is 0 Å². The van der Waals surface area contributed by atoms with Crippen molar-refractivity contribution in [2.45, 2.75) is 18.9 Å². The van der Waals surface area contributed by atoms with E-state index < -0.39 is 0 Å². The third kappa shape index (κ3) is 3.55. The van der Waals surface area contributed by atoms with Crippen molar-refractivity contribution >= 4 is 23.6 Å². The summed E-state index contributed by atoms with van der Waals surface area (Å²) in [5.74, 6) is 0.444. The summed E-state index contributed by atoms with van der Waals surface area (Å²) in [5, 5.41) is 5.78. The van der Waals surface area contributed by atoms with E-state index in [2.05, 4.69) is 10.6 Å². The quantitative estimate of drug-likeness (QED) is 0.903. The molecule has 5 nitrogen and oxygen atoms in total. The molecule has 1 fully saturated rings. The first kappa shape index (κ1) is 15.4. The van der Waals surface area contributed by atoms with Gasteiger partial charge < -0.3 is 15.4 Å². The highest BCUT2D eigenvalue weighted by atomic mass is 16.5. The zero-order valence-corrected chi connectivity index (χ0v) is 13.6. The van der Waals surface area contributed by atoms with Gasteiger partial charge in [-0.05, 0) is 43.2 Å². The van der Waals surface area contributed by atoms with Gasteiger partial charge in [0.05, 0.1) is 5.57 Å². The molecule has 5 heteroatoms. The number of anilines is 1. The normalized spacial score (nSPS) is 15.4. The molecule has 2 aromatic carbocycles. The molecule has 1 heterocycles. The first-order valence-electron chi connectivity index (χ1n) is 8.34. The second-order valence-electron chi connectivity index (χ2n) is 6.28. The third-order valence-corrected chi connectivity index (χ3v) is 4.22. The van der Waals surface area contributed by atoms with Crippen LogP contribution in [0.4, 0.5) is 5.69 Å².